The van der Waals surface area contributed by atoms with Gasteiger partial charge in [-0.15, -0.1) is 0 Å². The van der Waals surface area contributed by atoms with Crippen LogP contribution in [-0.4, -0.2) is 34.9 Å². The first-order valence-corrected chi connectivity index (χ1v) is 12.2. The van der Waals surface area contributed by atoms with Gasteiger partial charge in [0, 0.05) is 22.4 Å². The summed E-state index contributed by atoms with van der Waals surface area (Å²) in [5.74, 6) is -1.11. The van der Waals surface area contributed by atoms with Gasteiger partial charge in [-0.05, 0) is 74.8 Å². The van der Waals surface area contributed by atoms with Crippen molar-refractivity contribution in [3.63, 3.8) is 0 Å². The van der Waals surface area contributed by atoms with Crippen LogP contribution in [0.5, 0.6) is 0 Å². The van der Waals surface area contributed by atoms with Crippen LogP contribution in [-0.2, 0) is 4.79 Å². The van der Waals surface area contributed by atoms with Crippen molar-refractivity contribution in [1.82, 2.24) is 10.3 Å². The van der Waals surface area contributed by atoms with E-state index in [4.69, 9.17) is 0 Å². The molecule has 1 heterocycles. The minimum atomic E-state index is -1.28. The molecule has 0 spiro atoms. The van der Waals surface area contributed by atoms with E-state index in [1.807, 2.05) is 66.9 Å². The van der Waals surface area contributed by atoms with Gasteiger partial charge in [-0.25, -0.2) is 0 Å². The first kappa shape index (κ1) is 27.3. The summed E-state index contributed by atoms with van der Waals surface area (Å²) in [4.78, 5) is 28.6. The van der Waals surface area contributed by atoms with Crippen LogP contribution in [0, 0.1) is 0 Å². The van der Waals surface area contributed by atoms with Gasteiger partial charge in [-0.3, -0.25) is 9.78 Å². The smallest absolute Gasteiger partial charge is 0.548 e. The molecule has 3 rings (SSSR count). The topological polar surface area (TPSA) is 82.1 Å². The number of rotatable bonds is 9. The molecule has 1 aromatic heterocycles. The standard InChI is InChI=1S/C25H23BrN2O3S.Na/c1-32-12-11-23(25(30)31)28-24(29)21-10-9-17(7-8-18-13-20(26)16-27-15-18)14-22(21)19-5-3-2-4-6-19;/h2-10,13-16,23H,11-12H2,1H3,(H,28,29)(H,30,31);/q;+1/p-1/b8-7+;. The maximum atomic E-state index is 13.0. The predicted molar refractivity (Wildman–Crippen MR) is 132 cm³/mol. The Balaban J connectivity index is 0.00000385. The molecule has 1 N–H and O–H groups in total. The van der Waals surface area contributed by atoms with Gasteiger partial charge in [-0.1, -0.05) is 48.6 Å². The molecule has 5 nitrogen and oxygen atoms in total. The summed E-state index contributed by atoms with van der Waals surface area (Å²) in [6.45, 7) is 0. The minimum absolute atomic E-state index is 0. The molecule has 0 aliphatic rings. The zero-order valence-electron chi connectivity index (χ0n) is 18.5. The number of halogens is 1. The number of hydrogen-bond donors (Lipinski definition) is 1. The van der Waals surface area contributed by atoms with Gasteiger partial charge in [0.1, 0.15) is 0 Å². The van der Waals surface area contributed by atoms with Gasteiger partial charge in [-0.2, -0.15) is 11.8 Å². The maximum Gasteiger partial charge on any atom is 1.00 e. The summed E-state index contributed by atoms with van der Waals surface area (Å²) in [7, 11) is 0. The Morgan fingerprint density at radius 1 is 1.09 bits per heavy atom. The molecular formula is C25H22BrN2NaO3S. The van der Waals surface area contributed by atoms with Crippen molar-refractivity contribution < 1.29 is 44.3 Å². The molecule has 0 aliphatic heterocycles. The summed E-state index contributed by atoms with van der Waals surface area (Å²) in [5.41, 5.74) is 3.84. The predicted octanol–water partition coefficient (Wildman–Crippen LogP) is 1.29. The third-order valence-corrected chi connectivity index (χ3v) is 5.85. The van der Waals surface area contributed by atoms with Gasteiger partial charge in [0.15, 0.2) is 0 Å². The molecule has 33 heavy (non-hydrogen) atoms. The fourth-order valence-electron chi connectivity index (χ4n) is 3.15. The van der Waals surface area contributed by atoms with Gasteiger partial charge in [0.2, 0.25) is 0 Å². The monoisotopic (exact) mass is 532 g/mol. The van der Waals surface area contributed by atoms with Crippen molar-refractivity contribution >= 4 is 51.7 Å². The third kappa shape index (κ3) is 8.12. The van der Waals surface area contributed by atoms with Crippen molar-refractivity contribution in [3.8, 4) is 11.1 Å². The van der Waals surface area contributed by atoms with E-state index < -0.39 is 17.9 Å². The number of nitrogens with one attached hydrogen (secondary N) is 1. The summed E-state index contributed by atoms with van der Waals surface area (Å²) in [6.07, 6.45) is 9.55. The molecule has 1 unspecified atom stereocenters. The molecule has 0 bridgehead atoms. The first-order valence-electron chi connectivity index (χ1n) is 9.96. The number of carbonyl (C=O) groups is 2. The molecule has 1 amide bonds. The van der Waals surface area contributed by atoms with E-state index in [-0.39, 0.29) is 29.6 Å². The molecular weight excluding hydrogens is 511 g/mol. The fraction of sp³-hybridized carbons (Fsp3) is 0.160. The minimum Gasteiger partial charge on any atom is -0.548 e. The Kier molecular flexibility index (Phi) is 11.4. The fourth-order valence-corrected chi connectivity index (χ4v) is 4.01. The van der Waals surface area contributed by atoms with Crippen molar-refractivity contribution in [2.45, 2.75) is 12.5 Å². The molecule has 3 aromatic rings. The number of carboxylic acid groups (broad SMARTS) is 1. The van der Waals surface area contributed by atoms with Crippen molar-refractivity contribution in [1.29, 1.82) is 0 Å². The number of hydrogen-bond acceptors (Lipinski definition) is 5. The van der Waals surface area contributed by atoms with E-state index in [1.165, 1.54) is 11.8 Å². The Morgan fingerprint density at radius 2 is 1.82 bits per heavy atom. The van der Waals surface area contributed by atoms with Crippen LogP contribution < -0.4 is 40.0 Å². The zero-order chi connectivity index (χ0) is 22.9. The number of thioether (sulfide) groups is 1. The SMILES string of the molecule is CSCCC(NC(=O)c1ccc(/C=C/c2cncc(Br)c2)cc1-c1ccccc1)C(=O)[O-].[Na+]. The average molecular weight is 533 g/mol. The summed E-state index contributed by atoms with van der Waals surface area (Å²) in [5, 5.41) is 14.1. The van der Waals surface area contributed by atoms with Crippen LogP contribution in [0.3, 0.4) is 0 Å². The van der Waals surface area contributed by atoms with E-state index in [9.17, 15) is 14.7 Å². The quantitative estimate of drug-likeness (QED) is 0.420. The van der Waals surface area contributed by atoms with Crippen LogP contribution in [0.15, 0.2) is 71.5 Å². The van der Waals surface area contributed by atoms with Crippen LogP contribution in [0.25, 0.3) is 23.3 Å². The van der Waals surface area contributed by atoms with Crippen molar-refractivity contribution in [2.75, 3.05) is 12.0 Å². The molecule has 1 atom stereocenters. The molecule has 0 aliphatic carbocycles. The Labute approximate surface area is 228 Å². The van der Waals surface area contributed by atoms with Gasteiger partial charge < -0.3 is 15.2 Å². The van der Waals surface area contributed by atoms with Gasteiger partial charge in [0.05, 0.1) is 12.0 Å². The number of carboxylic acids is 1. The average Bonchev–Trinajstić information content (AvgIpc) is 2.80. The number of aromatic nitrogens is 1. The summed E-state index contributed by atoms with van der Waals surface area (Å²) < 4.78 is 0.889. The van der Waals surface area contributed by atoms with E-state index in [0.717, 1.165) is 26.7 Å². The summed E-state index contributed by atoms with van der Waals surface area (Å²) >= 11 is 4.93. The van der Waals surface area contributed by atoms with Crippen LogP contribution in [0.1, 0.15) is 27.9 Å². The first-order chi connectivity index (χ1) is 15.5. The van der Waals surface area contributed by atoms with Gasteiger partial charge >= 0.3 is 29.6 Å². The maximum absolute atomic E-state index is 13.0. The summed E-state index contributed by atoms with van der Waals surface area (Å²) in [6, 6.07) is 15.9. The molecule has 0 saturated heterocycles. The third-order valence-electron chi connectivity index (χ3n) is 4.77. The van der Waals surface area contributed by atoms with Crippen molar-refractivity contribution in [2.24, 2.45) is 0 Å². The number of carbonyl (C=O) groups excluding carboxylic acids is 2. The zero-order valence-corrected chi connectivity index (χ0v) is 22.9. The second-order valence-electron chi connectivity index (χ2n) is 7.07. The molecule has 2 aromatic carbocycles. The van der Waals surface area contributed by atoms with Crippen molar-refractivity contribution in [3.05, 3.63) is 88.2 Å². The number of amides is 1. The van der Waals surface area contributed by atoms with E-state index >= 15 is 0 Å². The Hall–Kier alpha value is -1.90. The van der Waals surface area contributed by atoms with Crippen LogP contribution in [0.4, 0.5) is 0 Å². The molecule has 0 fully saturated rings. The Morgan fingerprint density at radius 3 is 2.48 bits per heavy atom. The van der Waals surface area contributed by atoms with Crippen LogP contribution >= 0.6 is 27.7 Å². The Bertz CT molecular complexity index is 1130. The molecule has 0 radical (unpaired) electrons. The van der Waals surface area contributed by atoms with E-state index in [2.05, 4.69) is 26.2 Å². The second kappa shape index (κ2) is 13.7. The van der Waals surface area contributed by atoms with Crippen LogP contribution in [0.2, 0.25) is 0 Å². The molecule has 8 heteroatoms. The molecule has 164 valence electrons. The van der Waals surface area contributed by atoms with E-state index in [0.29, 0.717) is 17.7 Å². The van der Waals surface area contributed by atoms with Gasteiger partial charge in [0.25, 0.3) is 5.91 Å². The number of nitrogens with zero attached hydrogens (tertiary/aromatic N) is 1. The number of aliphatic carboxylic acids is 1. The number of pyridine rings is 1. The number of benzene rings is 2. The largest absolute Gasteiger partial charge is 1.00 e. The second-order valence-corrected chi connectivity index (χ2v) is 8.97. The molecule has 0 saturated carbocycles. The van der Waals surface area contributed by atoms with E-state index in [1.54, 1.807) is 18.5 Å². The normalized spacial score (nSPS) is 11.6.